The molecule has 1 saturated carbocycles. The molecule has 1 fully saturated rings. The van der Waals surface area contributed by atoms with Gasteiger partial charge in [-0.15, -0.1) is 0 Å². The van der Waals surface area contributed by atoms with Crippen molar-refractivity contribution in [1.82, 2.24) is 15.0 Å². The summed E-state index contributed by atoms with van der Waals surface area (Å²) in [5.41, 5.74) is 5.64. The van der Waals surface area contributed by atoms with Crippen LogP contribution in [0.3, 0.4) is 0 Å². The van der Waals surface area contributed by atoms with E-state index >= 15 is 0 Å². The lowest BCUT2D eigenvalue weighted by molar-refractivity contribution is 0.220. The number of nitrogens with one attached hydrogen (secondary N) is 1. The van der Waals surface area contributed by atoms with Crippen LogP contribution in [0.4, 0.5) is 11.9 Å². The molecule has 1 aromatic rings. The topological polar surface area (TPSA) is 106 Å². The van der Waals surface area contributed by atoms with Crippen LogP contribution in [0.25, 0.3) is 0 Å². The van der Waals surface area contributed by atoms with Gasteiger partial charge in [0.25, 0.3) is 0 Å². The first-order chi connectivity index (χ1) is 9.08. The van der Waals surface area contributed by atoms with E-state index in [9.17, 15) is 5.11 Å². The Morgan fingerprint density at radius 1 is 1.37 bits per heavy atom. The molecule has 0 radical (unpaired) electrons. The molecule has 0 aromatic carbocycles. The zero-order chi connectivity index (χ0) is 13.8. The zero-order valence-corrected chi connectivity index (χ0v) is 11.3. The second-order valence-corrected chi connectivity index (χ2v) is 5.09. The molecule has 7 heteroatoms. The second kappa shape index (κ2) is 6.01. The molecule has 0 spiro atoms. The van der Waals surface area contributed by atoms with Crippen LogP contribution in [0.5, 0.6) is 6.01 Å². The number of nitrogen functional groups attached to an aromatic ring is 1. The van der Waals surface area contributed by atoms with Crippen molar-refractivity contribution in [2.45, 2.75) is 45.3 Å². The van der Waals surface area contributed by atoms with Crippen molar-refractivity contribution in [1.29, 1.82) is 0 Å². The first-order valence-corrected chi connectivity index (χ1v) is 6.64. The molecule has 0 amide bonds. The van der Waals surface area contributed by atoms with Crippen molar-refractivity contribution >= 4 is 11.9 Å². The van der Waals surface area contributed by atoms with Gasteiger partial charge in [-0.05, 0) is 26.7 Å². The Balaban J connectivity index is 2.09. The molecular weight excluding hydrogens is 246 g/mol. The largest absolute Gasteiger partial charge is 0.461 e. The summed E-state index contributed by atoms with van der Waals surface area (Å²) < 4.78 is 5.42. The summed E-state index contributed by atoms with van der Waals surface area (Å²) in [5, 5.41) is 12.5. The number of anilines is 2. The lowest BCUT2D eigenvalue weighted by Gasteiger charge is -2.19. The first-order valence-electron chi connectivity index (χ1n) is 6.64. The van der Waals surface area contributed by atoms with E-state index in [1.54, 1.807) is 0 Å². The Labute approximate surface area is 112 Å². The summed E-state index contributed by atoms with van der Waals surface area (Å²) >= 11 is 0. The molecule has 19 heavy (non-hydrogen) atoms. The number of nitrogens with two attached hydrogens (primary N) is 1. The zero-order valence-electron chi connectivity index (χ0n) is 11.3. The van der Waals surface area contributed by atoms with E-state index in [1.807, 2.05) is 13.8 Å². The third-order valence-electron chi connectivity index (χ3n) is 3.18. The van der Waals surface area contributed by atoms with Gasteiger partial charge in [0.2, 0.25) is 11.9 Å². The number of ether oxygens (including phenoxy) is 1. The van der Waals surface area contributed by atoms with Crippen molar-refractivity contribution < 1.29 is 9.84 Å². The summed E-state index contributed by atoms with van der Waals surface area (Å²) in [6.45, 7) is 3.96. The molecule has 2 unspecified atom stereocenters. The van der Waals surface area contributed by atoms with Gasteiger partial charge in [-0.3, -0.25) is 0 Å². The minimum atomic E-state index is -0.0219. The number of aliphatic hydroxyl groups is 1. The number of rotatable bonds is 5. The van der Waals surface area contributed by atoms with Gasteiger partial charge in [0.15, 0.2) is 0 Å². The fraction of sp³-hybridized carbons (Fsp3) is 0.750. The molecular formula is C12H21N5O2. The average Bonchev–Trinajstić information content (AvgIpc) is 2.74. The molecule has 4 N–H and O–H groups in total. The van der Waals surface area contributed by atoms with Crippen molar-refractivity contribution in [3.05, 3.63) is 0 Å². The highest BCUT2D eigenvalue weighted by molar-refractivity contribution is 5.34. The molecule has 2 rings (SSSR count). The highest BCUT2D eigenvalue weighted by Gasteiger charge is 2.27. The molecule has 7 nitrogen and oxygen atoms in total. The van der Waals surface area contributed by atoms with Gasteiger partial charge in [-0.2, -0.15) is 15.0 Å². The number of nitrogens with zero attached hydrogens (tertiary/aromatic N) is 3. The number of aliphatic hydroxyl groups excluding tert-OH is 1. The predicted octanol–water partition coefficient (Wildman–Crippen LogP) is 0.814. The summed E-state index contributed by atoms with van der Waals surface area (Å²) in [6, 6.07) is 0.405. The van der Waals surface area contributed by atoms with E-state index in [2.05, 4.69) is 20.3 Å². The fourth-order valence-electron chi connectivity index (χ4n) is 2.31. The van der Waals surface area contributed by atoms with Crippen LogP contribution < -0.4 is 15.8 Å². The van der Waals surface area contributed by atoms with Crippen LogP contribution in [-0.4, -0.2) is 38.8 Å². The van der Waals surface area contributed by atoms with E-state index in [0.29, 0.717) is 5.95 Å². The monoisotopic (exact) mass is 267 g/mol. The maximum Gasteiger partial charge on any atom is 0.323 e. The van der Waals surface area contributed by atoms with Crippen LogP contribution in [0, 0.1) is 5.92 Å². The summed E-state index contributed by atoms with van der Waals surface area (Å²) in [4.78, 5) is 12.2. The summed E-state index contributed by atoms with van der Waals surface area (Å²) in [5.74, 6) is 0.785. The third kappa shape index (κ3) is 3.66. The Morgan fingerprint density at radius 3 is 2.84 bits per heavy atom. The van der Waals surface area contributed by atoms with Crippen molar-refractivity contribution in [2.24, 2.45) is 5.92 Å². The standard InChI is InChI=1S/C12H21N5O2/c1-7(2)19-12-16-10(13)15-11(17-12)14-9-5-3-4-8(9)6-18/h7-9,18H,3-6H2,1-2H3,(H3,13,14,15,16,17). The normalized spacial score (nSPS) is 22.7. The molecule has 1 aliphatic rings. The molecule has 0 aliphatic heterocycles. The Kier molecular flexibility index (Phi) is 4.36. The summed E-state index contributed by atoms with van der Waals surface area (Å²) in [7, 11) is 0. The predicted molar refractivity (Wildman–Crippen MR) is 71.8 cm³/mol. The van der Waals surface area contributed by atoms with Gasteiger partial charge in [0.1, 0.15) is 0 Å². The minimum Gasteiger partial charge on any atom is -0.461 e. The Morgan fingerprint density at radius 2 is 2.16 bits per heavy atom. The molecule has 1 aromatic heterocycles. The molecule has 0 bridgehead atoms. The molecule has 1 heterocycles. The summed E-state index contributed by atoms with van der Waals surface area (Å²) in [6.07, 6.45) is 3.09. The van der Waals surface area contributed by atoms with Crippen molar-refractivity contribution in [3.63, 3.8) is 0 Å². The van der Waals surface area contributed by atoms with Gasteiger partial charge >= 0.3 is 6.01 Å². The average molecular weight is 267 g/mol. The van der Waals surface area contributed by atoms with Gasteiger partial charge in [0, 0.05) is 18.6 Å². The van der Waals surface area contributed by atoms with Crippen LogP contribution in [-0.2, 0) is 0 Å². The SMILES string of the molecule is CC(C)Oc1nc(N)nc(NC2CCCC2CO)n1. The molecule has 1 aliphatic carbocycles. The van der Waals surface area contributed by atoms with E-state index < -0.39 is 0 Å². The van der Waals surface area contributed by atoms with Gasteiger partial charge in [-0.1, -0.05) is 6.42 Å². The fourth-order valence-corrected chi connectivity index (χ4v) is 2.31. The molecule has 0 saturated heterocycles. The van der Waals surface area contributed by atoms with Gasteiger partial charge < -0.3 is 20.9 Å². The van der Waals surface area contributed by atoms with Crippen molar-refractivity contribution in [3.8, 4) is 6.01 Å². The van der Waals surface area contributed by atoms with E-state index in [-0.39, 0.29) is 36.6 Å². The Hall–Kier alpha value is -1.63. The molecule has 106 valence electrons. The van der Waals surface area contributed by atoms with Crippen LogP contribution >= 0.6 is 0 Å². The molecule has 2 atom stereocenters. The minimum absolute atomic E-state index is 0.0219. The smallest absolute Gasteiger partial charge is 0.323 e. The van der Waals surface area contributed by atoms with E-state index in [1.165, 1.54) is 0 Å². The Bertz CT molecular complexity index is 427. The van der Waals surface area contributed by atoms with Gasteiger partial charge in [-0.25, -0.2) is 0 Å². The van der Waals surface area contributed by atoms with Crippen LogP contribution in [0.2, 0.25) is 0 Å². The lowest BCUT2D eigenvalue weighted by atomic mass is 10.1. The quantitative estimate of drug-likeness (QED) is 0.724. The van der Waals surface area contributed by atoms with E-state index in [0.717, 1.165) is 19.3 Å². The van der Waals surface area contributed by atoms with Gasteiger partial charge in [0.05, 0.1) is 6.10 Å². The highest BCUT2D eigenvalue weighted by atomic mass is 16.5. The van der Waals surface area contributed by atoms with Crippen LogP contribution in [0.15, 0.2) is 0 Å². The number of hydrogen-bond acceptors (Lipinski definition) is 7. The number of aromatic nitrogens is 3. The second-order valence-electron chi connectivity index (χ2n) is 5.09. The highest BCUT2D eigenvalue weighted by Crippen LogP contribution is 2.27. The third-order valence-corrected chi connectivity index (χ3v) is 3.18. The number of hydrogen-bond donors (Lipinski definition) is 3. The maximum absolute atomic E-state index is 9.30. The first kappa shape index (κ1) is 13.8. The van der Waals surface area contributed by atoms with Crippen LogP contribution in [0.1, 0.15) is 33.1 Å². The maximum atomic E-state index is 9.30. The lowest BCUT2D eigenvalue weighted by Crippen LogP contribution is -2.27. The van der Waals surface area contributed by atoms with E-state index in [4.69, 9.17) is 10.5 Å². The van der Waals surface area contributed by atoms with Crippen molar-refractivity contribution in [2.75, 3.05) is 17.7 Å².